The van der Waals surface area contributed by atoms with Crippen molar-refractivity contribution in [3.8, 4) is 11.5 Å². The molecule has 0 aromatic heterocycles. The second kappa shape index (κ2) is 9.86. The average Bonchev–Trinajstić information content (AvgIpc) is 3.17. The Balaban J connectivity index is 1.56. The lowest BCUT2D eigenvalue weighted by atomic mass is 10.0. The van der Waals surface area contributed by atoms with Crippen molar-refractivity contribution in [2.75, 3.05) is 45.3 Å². The number of carbonyl (C=O) groups is 1. The standard InChI is InChI=1S/C23H27N3O6/c1-30-13-9-24-18-7-5-17(14-20(18)26(28)29)23(27)25-10-2-4-19(25)16-6-8-21-22(15-16)32-12-3-11-31-21/h5-8,14-15,19,24H,2-4,9-13H2,1H3/t19-/m1/s1. The lowest BCUT2D eigenvalue weighted by Crippen LogP contribution is -2.30. The first kappa shape index (κ1) is 21.9. The van der Waals surface area contributed by atoms with Crippen LogP contribution in [0.15, 0.2) is 36.4 Å². The number of nitro benzene ring substituents is 1. The molecule has 9 heteroatoms. The highest BCUT2D eigenvalue weighted by atomic mass is 16.6. The molecule has 0 saturated carbocycles. The number of rotatable bonds is 7. The molecule has 32 heavy (non-hydrogen) atoms. The van der Waals surface area contributed by atoms with Crippen molar-refractivity contribution >= 4 is 17.3 Å². The van der Waals surface area contributed by atoms with Crippen LogP contribution in [0.4, 0.5) is 11.4 Å². The molecule has 0 radical (unpaired) electrons. The summed E-state index contributed by atoms with van der Waals surface area (Å²) in [5, 5.41) is 14.6. The number of hydrogen-bond acceptors (Lipinski definition) is 7. The zero-order chi connectivity index (χ0) is 22.5. The molecule has 0 aliphatic carbocycles. The number of likely N-dealkylation sites (tertiary alicyclic amines) is 1. The van der Waals surface area contributed by atoms with Gasteiger partial charge in [-0.1, -0.05) is 6.07 Å². The van der Waals surface area contributed by atoms with Gasteiger partial charge in [0.05, 0.1) is 30.8 Å². The van der Waals surface area contributed by atoms with Crippen LogP contribution in [0, 0.1) is 10.1 Å². The average molecular weight is 441 g/mol. The quantitative estimate of drug-likeness (QED) is 0.396. The third kappa shape index (κ3) is 4.62. The van der Waals surface area contributed by atoms with E-state index in [1.807, 2.05) is 18.2 Å². The number of nitrogens with zero attached hydrogens (tertiary/aromatic N) is 2. The second-order valence-corrected chi connectivity index (χ2v) is 7.82. The van der Waals surface area contributed by atoms with Gasteiger partial charge in [-0.2, -0.15) is 0 Å². The summed E-state index contributed by atoms with van der Waals surface area (Å²) in [5.74, 6) is 1.20. The van der Waals surface area contributed by atoms with Crippen LogP contribution in [0.25, 0.3) is 0 Å². The first-order valence-electron chi connectivity index (χ1n) is 10.8. The Morgan fingerprint density at radius 3 is 2.78 bits per heavy atom. The number of ether oxygens (including phenoxy) is 3. The van der Waals surface area contributed by atoms with Gasteiger partial charge >= 0.3 is 0 Å². The third-order valence-corrected chi connectivity index (χ3v) is 5.73. The number of fused-ring (bicyclic) bond motifs is 1. The topological polar surface area (TPSA) is 103 Å². The number of benzene rings is 2. The molecular weight excluding hydrogens is 414 g/mol. The molecule has 4 rings (SSSR count). The highest BCUT2D eigenvalue weighted by Crippen LogP contribution is 2.39. The van der Waals surface area contributed by atoms with Gasteiger partial charge in [-0.3, -0.25) is 14.9 Å². The minimum atomic E-state index is -0.475. The van der Waals surface area contributed by atoms with Crippen molar-refractivity contribution in [2.24, 2.45) is 0 Å². The summed E-state index contributed by atoms with van der Waals surface area (Å²) in [6, 6.07) is 10.3. The van der Waals surface area contributed by atoms with E-state index < -0.39 is 4.92 Å². The fraction of sp³-hybridized carbons (Fsp3) is 0.435. The van der Waals surface area contributed by atoms with E-state index in [-0.39, 0.29) is 17.6 Å². The van der Waals surface area contributed by atoms with E-state index in [4.69, 9.17) is 14.2 Å². The monoisotopic (exact) mass is 441 g/mol. The van der Waals surface area contributed by atoms with E-state index in [0.29, 0.717) is 55.7 Å². The van der Waals surface area contributed by atoms with Crippen LogP contribution in [0.3, 0.4) is 0 Å². The molecule has 1 amide bonds. The molecule has 1 N–H and O–H groups in total. The van der Waals surface area contributed by atoms with Crippen molar-refractivity contribution in [3.05, 3.63) is 57.6 Å². The Labute approximate surface area is 186 Å². The van der Waals surface area contributed by atoms with Crippen molar-refractivity contribution < 1.29 is 23.9 Å². The smallest absolute Gasteiger partial charge is 0.293 e. The highest BCUT2D eigenvalue weighted by molar-refractivity contribution is 5.96. The summed E-state index contributed by atoms with van der Waals surface area (Å²) in [6.45, 7) is 2.67. The van der Waals surface area contributed by atoms with Gasteiger partial charge in [0.2, 0.25) is 0 Å². The summed E-state index contributed by atoms with van der Waals surface area (Å²) >= 11 is 0. The fourth-order valence-corrected chi connectivity index (χ4v) is 4.16. The normalized spacial score (nSPS) is 17.7. The number of hydrogen-bond donors (Lipinski definition) is 1. The number of amides is 1. The Morgan fingerprint density at radius 1 is 1.19 bits per heavy atom. The molecular formula is C23H27N3O6. The number of methoxy groups -OCH3 is 1. The maximum absolute atomic E-state index is 13.3. The number of nitro groups is 1. The summed E-state index contributed by atoms with van der Waals surface area (Å²) in [4.78, 5) is 26.2. The molecule has 2 heterocycles. The van der Waals surface area contributed by atoms with Crippen molar-refractivity contribution in [1.82, 2.24) is 4.90 Å². The van der Waals surface area contributed by atoms with Gasteiger partial charge in [0.25, 0.3) is 11.6 Å². The molecule has 2 aromatic carbocycles. The van der Waals surface area contributed by atoms with E-state index in [1.165, 1.54) is 6.07 Å². The van der Waals surface area contributed by atoms with Crippen LogP contribution < -0.4 is 14.8 Å². The van der Waals surface area contributed by atoms with E-state index in [1.54, 1.807) is 24.1 Å². The lowest BCUT2D eigenvalue weighted by Gasteiger charge is -2.26. The zero-order valence-electron chi connectivity index (χ0n) is 18.0. The van der Waals surface area contributed by atoms with Gasteiger partial charge in [-0.05, 0) is 42.7 Å². The molecule has 1 atom stereocenters. The predicted octanol–water partition coefficient (Wildman–Crippen LogP) is 3.79. The third-order valence-electron chi connectivity index (χ3n) is 5.73. The van der Waals surface area contributed by atoms with Gasteiger partial charge in [-0.25, -0.2) is 0 Å². The molecule has 0 spiro atoms. The number of nitrogens with one attached hydrogen (secondary N) is 1. The lowest BCUT2D eigenvalue weighted by molar-refractivity contribution is -0.384. The first-order chi connectivity index (χ1) is 15.6. The van der Waals surface area contributed by atoms with Gasteiger partial charge in [0.15, 0.2) is 11.5 Å². The van der Waals surface area contributed by atoms with Crippen molar-refractivity contribution in [2.45, 2.75) is 25.3 Å². The number of anilines is 1. The maximum atomic E-state index is 13.3. The Kier molecular flexibility index (Phi) is 6.75. The summed E-state index contributed by atoms with van der Waals surface area (Å²) in [6.07, 6.45) is 2.51. The fourth-order valence-electron chi connectivity index (χ4n) is 4.16. The van der Waals surface area contributed by atoms with Crippen LogP contribution in [-0.4, -0.2) is 55.8 Å². The molecule has 0 unspecified atom stereocenters. The van der Waals surface area contributed by atoms with E-state index in [0.717, 1.165) is 24.8 Å². The van der Waals surface area contributed by atoms with Gasteiger partial charge < -0.3 is 24.4 Å². The first-order valence-corrected chi connectivity index (χ1v) is 10.8. The van der Waals surface area contributed by atoms with Crippen LogP contribution in [0.1, 0.15) is 41.2 Å². The minimum Gasteiger partial charge on any atom is -0.490 e. The van der Waals surface area contributed by atoms with E-state index in [2.05, 4.69) is 5.32 Å². The zero-order valence-corrected chi connectivity index (χ0v) is 18.0. The Hall–Kier alpha value is -3.33. The van der Waals surface area contributed by atoms with Crippen molar-refractivity contribution in [1.29, 1.82) is 0 Å². The number of carbonyl (C=O) groups excluding carboxylic acids is 1. The van der Waals surface area contributed by atoms with Gasteiger partial charge in [0.1, 0.15) is 5.69 Å². The molecule has 1 fully saturated rings. The van der Waals surface area contributed by atoms with Crippen LogP contribution in [0.5, 0.6) is 11.5 Å². The minimum absolute atomic E-state index is 0.113. The second-order valence-electron chi connectivity index (χ2n) is 7.82. The molecule has 2 aliphatic rings. The summed E-state index contributed by atoms with van der Waals surface area (Å²) in [5.41, 5.74) is 1.52. The molecule has 2 aromatic rings. The van der Waals surface area contributed by atoms with Gasteiger partial charge in [-0.15, -0.1) is 0 Å². The summed E-state index contributed by atoms with van der Waals surface area (Å²) < 4.78 is 16.5. The summed E-state index contributed by atoms with van der Waals surface area (Å²) in [7, 11) is 1.56. The van der Waals surface area contributed by atoms with Crippen molar-refractivity contribution in [3.63, 3.8) is 0 Å². The molecule has 2 aliphatic heterocycles. The molecule has 1 saturated heterocycles. The Morgan fingerprint density at radius 2 is 2.00 bits per heavy atom. The van der Waals surface area contributed by atoms with Crippen LogP contribution in [-0.2, 0) is 4.74 Å². The van der Waals surface area contributed by atoms with E-state index in [9.17, 15) is 14.9 Å². The maximum Gasteiger partial charge on any atom is 0.293 e. The molecule has 170 valence electrons. The molecule has 0 bridgehead atoms. The van der Waals surface area contributed by atoms with E-state index >= 15 is 0 Å². The Bertz CT molecular complexity index is 996. The highest BCUT2D eigenvalue weighted by Gasteiger charge is 2.32. The van der Waals surface area contributed by atoms with Crippen LogP contribution in [0.2, 0.25) is 0 Å². The predicted molar refractivity (Wildman–Crippen MR) is 119 cm³/mol. The SMILES string of the molecule is COCCNc1ccc(C(=O)N2CCC[C@@H]2c2ccc3c(c2)OCCCO3)cc1[N+](=O)[O-]. The van der Waals surface area contributed by atoms with Crippen LogP contribution >= 0.6 is 0 Å². The van der Waals surface area contributed by atoms with Gasteiger partial charge in [0, 0.05) is 38.2 Å². The molecule has 9 nitrogen and oxygen atoms in total. The largest absolute Gasteiger partial charge is 0.490 e.